The molecule has 1 amide bonds. The molecule has 1 aromatic heterocycles. The smallest absolute Gasteiger partial charge is 0.248 e. The van der Waals surface area contributed by atoms with Crippen molar-refractivity contribution >= 4 is 17.5 Å². The van der Waals surface area contributed by atoms with Crippen LogP contribution in [-0.4, -0.2) is 16.0 Å². The molecule has 2 aromatic carbocycles. The van der Waals surface area contributed by atoms with Crippen LogP contribution in [0.25, 0.3) is 0 Å². The van der Waals surface area contributed by atoms with Gasteiger partial charge in [-0.15, -0.1) is 0 Å². The Morgan fingerprint density at radius 3 is 2.52 bits per heavy atom. The Bertz CT molecular complexity index is 934. The number of hydrogen-bond donors (Lipinski definition) is 2. The lowest BCUT2D eigenvalue weighted by molar-refractivity contribution is 0.0999. The van der Waals surface area contributed by atoms with Crippen LogP contribution >= 0.6 is 11.6 Å². The monoisotopic (exact) mass is 356 g/mol. The van der Waals surface area contributed by atoms with Crippen LogP contribution in [0.4, 0.5) is 4.39 Å². The van der Waals surface area contributed by atoms with Crippen molar-refractivity contribution < 1.29 is 14.3 Å². The molecule has 3 N–H and O–H groups in total. The van der Waals surface area contributed by atoms with Crippen molar-refractivity contribution in [3.05, 3.63) is 100 Å². The van der Waals surface area contributed by atoms with E-state index in [1.807, 2.05) is 0 Å². The van der Waals surface area contributed by atoms with Gasteiger partial charge in [0.25, 0.3) is 0 Å². The van der Waals surface area contributed by atoms with E-state index in [0.29, 0.717) is 5.56 Å². The van der Waals surface area contributed by atoms with Crippen LogP contribution in [0.2, 0.25) is 5.02 Å². The van der Waals surface area contributed by atoms with Gasteiger partial charge in [-0.05, 0) is 35.9 Å². The van der Waals surface area contributed by atoms with Crippen LogP contribution in [0.15, 0.2) is 67.0 Å². The molecule has 25 heavy (non-hydrogen) atoms. The molecule has 1 unspecified atom stereocenters. The number of carbonyl (C=O) groups is 1. The predicted octanol–water partition coefficient (Wildman–Crippen LogP) is 3.26. The molecular formula is C19H14ClFN2O2. The highest BCUT2D eigenvalue weighted by atomic mass is 35.5. The molecule has 3 aromatic rings. The molecule has 4 nitrogen and oxygen atoms in total. The number of amides is 1. The summed E-state index contributed by atoms with van der Waals surface area (Å²) in [7, 11) is 0. The van der Waals surface area contributed by atoms with Gasteiger partial charge in [0.1, 0.15) is 11.4 Å². The maximum atomic E-state index is 14.6. The van der Waals surface area contributed by atoms with E-state index in [1.54, 1.807) is 30.5 Å². The van der Waals surface area contributed by atoms with Gasteiger partial charge in [-0.3, -0.25) is 9.78 Å². The van der Waals surface area contributed by atoms with Gasteiger partial charge in [-0.2, -0.15) is 0 Å². The van der Waals surface area contributed by atoms with Gasteiger partial charge >= 0.3 is 0 Å². The van der Waals surface area contributed by atoms with Crippen molar-refractivity contribution in [1.82, 2.24) is 4.98 Å². The van der Waals surface area contributed by atoms with Crippen molar-refractivity contribution in [2.24, 2.45) is 5.73 Å². The fourth-order valence-electron chi connectivity index (χ4n) is 2.73. The largest absolute Gasteiger partial charge is 0.376 e. The van der Waals surface area contributed by atoms with E-state index >= 15 is 0 Å². The second kappa shape index (κ2) is 6.63. The Morgan fingerprint density at radius 2 is 1.88 bits per heavy atom. The molecular weight excluding hydrogens is 343 g/mol. The van der Waals surface area contributed by atoms with E-state index in [0.717, 1.165) is 6.07 Å². The summed E-state index contributed by atoms with van der Waals surface area (Å²) >= 11 is 5.83. The number of rotatable bonds is 4. The molecule has 0 radical (unpaired) electrons. The SMILES string of the molecule is NC(=O)c1cccc(C(O)(c2cccnc2)c2ccc(Cl)cc2F)c1. The Labute approximate surface area is 148 Å². The highest BCUT2D eigenvalue weighted by Gasteiger charge is 2.37. The van der Waals surface area contributed by atoms with Gasteiger partial charge in [-0.25, -0.2) is 4.39 Å². The molecule has 1 atom stereocenters. The van der Waals surface area contributed by atoms with Crippen molar-refractivity contribution in [3.8, 4) is 0 Å². The number of pyridine rings is 1. The number of carbonyl (C=O) groups excluding carboxylic acids is 1. The van der Waals surface area contributed by atoms with Crippen molar-refractivity contribution in [1.29, 1.82) is 0 Å². The van der Waals surface area contributed by atoms with E-state index in [9.17, 15) is 14.3 Å². The Balaban J connectivity index is 2.30. The fraction of sp³-hybridized carbons (Fsp3) is 0.0526. The number of halogens is 2. The van der Waals surface area contributed by atoms with Crippen LogP contribution in [0.3, 0.4) is 0 Å². The first kappa shape index (κ1) is 17.1. The first-order valence-electron chi connectivity index (χ1n) is 7.41. The predicted molar refractivity (Wildman–Crippen MR) is 92.7 cm³/mol. The zero-order valence-electron chi connectivity index (χ0n) is 13.0. The van der Waals surface area contributed by atoms with Gasteiger partial charge in [-0.1, -0.05) is 35.9 Å². The number of benzene rings is 2. The molecule has 0 fully saturated rings. The lowest BCUT2D eigenvalue weighted by atomic mass is 9.80. The highest BCUT2D eigenvalue weighted by molar-refractivity contribution is 6.30. The minimum atomic E-state index is -1.87. The number of aromatic nitrogens is 1. The average molecular weight is 357 g/mol. The van der Waals surface area contributed by atoms with Gasteiger partial charge in [0.05, 0.1) is 0 Å². The van der Waals surface area contributed by atoms with Gasteiger partial charge < -0.3 is 10.8 Å². The van der Waals surface area contributed by atoms with Crippen LogP contribution in [0.5, 0.6) is 0 Å². The zero-order chi connectivity index (χ0) is 18.0. The summed E-state index contributed by atoms with van der Waals surface area (Å²) in [6, 6.07) is 13.4. The molecule has 0 aliphatic heterocycles. The molecule has 1 heterocycles. The van der Waals surface area contributed by atoms with Crippen LogP contribution in [0.1, 0.15) is 27.0 Å². The van der Waals surface area contributed by atoms with Gasteiger partial charge in [0, 0.05) is 34.1 Å². The second-order valence-electron chi connectivity index (χ2n) is 5.52. The van der Waals surface area contributed by atoms with E-state index in [4.69, 9.17) is 17.3 Å². The van der Waals surface area contributed by atoms with Crippen molar-refractivity contribution in [2.75, 3.05) is 0 Å². The van der Waals surface area contributed by atoms with Gasteiger partial charge in [0.15, 0.2) is 0 Å². The highest BCUT2D eigenvalue weighted by Crippen LogP contribution is 2.38. The molecule has 0 saturated heterocycles. The number of nitrogens with two attached hydrogens (primary N) is 1. The van der Waals surface area contributed by atoms with E-state index < -0.39 is 17.3 Å². The third kappa shape index (κ3) is 3.12. The lowest BCUT2D eigenvalue weighted by Crippen LogP contribution is -2.30. The average Bonchev–Trinajstić information content (AvgIpc) is 2.62. The summed E-state index contributed by atoms with van der Waals surface area (Å²) in [5.74, 6) is -1.32. The zero-order valence-corrected chi connectivity index (χ0v) is 13.7. The molecule has 0 saturated carbocycles. The third-order valence-electron chi connectivity index (χ3n) is 3.97. The summed E-state index contributed by atoms with van der Waals surface area (Å²) in [6.07, 6.45) is 2.98. The number of aliphatic hydroxyl groups is 1. The quantitative estimate of drug-likeness (QED) is 0.753. The number of nitrogens with zero attached hydrogens (tertiary/aromatic N) is 1. The van der Waals surface area contributed by atoms with Crippen LogP contribution in [-0.2, 0) is 5.60 Å². The Hall–Kier alpha value is -2.76. The van der Waals surface area contributed by atoms with Gasteiger partial charge in [0.2, 0.25) is 5.91 Å². The molecule has 126 valence electrons. The minimum absolute atomic E-state index is 0.00785. The third-order valence-corrected chi connectivity index (χ3v) is 4.20. The molecule has 6 heteroatoms. The first-order chi connectivity index (χ1) is 11.9. The minimum Gasteiger partial charge on any atom is -0.376 e. The maximum absolute atomic E-state index is 14.6. The summed E-state index contributed by atoms with van der Waals surface area (Å²) in [5.41, 5.74) is 4.29. The second-order valence-corrected chi connectivity index (χ2v) is 5.96. The Kier molecular flexibility index (Phi) is 4.53. The van der Waals surface area contributed by atoms with Crippen molar-refractivity contribution in [2.45, 2.75) is 5.60 Å². The topological polar surface area (TPSA) is 76.2 Å². The lowest BCUT2D eigenvalue weighted by Gasteiger charge is -2.30. The standard InChI is InChI=1S/C19H14ClFN2O2/c20-15-6-7-16(17(21)10-15)19(25,14-5-2-8-23-11-14)13-4-1-3-12(9-13)18(22)24/h1-11,25H,(H2,22,24). The molecule has 0 bridgehead atoms. The summed E-state index contributed by atoms with van der Waals surface area (Å²) in [6.45, 7) is 0. The molecule has 0 aliphatic carbocycles. The van der Waals surface area contributed by atoms with E-state index in [-0.39, 0.29) is 21.7 Å². The molecule has 0 aliphatic rings. The van der Waals surface area contributed by atoms with E-state index in [1.165, 1.54) is 30.5 Å². The van der Waals surface area contributed by atoms with Crippen LogP contribution < -0.4 is 5.73 Å². The fourth-order valence-corrected chi connectivity index (χ4v) is 2.89. The summed E-state index contributed by atoms with van der Waals surface area (Å²) < 4.78 is 14.6. The molecule has 0 spiro atoms. The Morgan fingerprint density at radius 1 is 1.12 bits per heavy atom. The van der Waals surface area contributed by atoms with Crippen molar-refractivity contribution in [3.63, 3.8) is 0 Å². The van der Waals surface area contributed by atoms with Crippen LogP contribution in [0, 0.1) is 5.82 Å². The number of hydrogen-bond acceptors (Lipinski definition) is 3. The maximum Gasteiger partial charge on any atom is 0.248 e. The summed E-state index contributed by atoms with van der Waals surface area (Å²) in [5, 5.41) is 11.7. The summed E-state index contributed by atoms with van der Waals surface area (Å²) in [4.78, 5) is 15.5. The molecule has 3 rings (SSSR count). The number of primary amides is 1. The normalized spacial score (nSPS) is 13.2. The first-order valence-corrected chi connectivity index (χ1v) is 7.79. The van der Waals surface area contributed by atoms with E-state index in [2.05, 4.69) is 4.98 Å².